The fraction of sp³-hybridized carbons (Fsp3) is 0.471. The van der Waals surface area contributed by atoms with Gasteiger partial charge in [0.15, 0.2) is 0 Å². The number of esters is 1. The number of benzene rings is 1. The SMILES string of the molecule is CC(=O)NC[C@H]1CN(c2ccc(C(=O)OCC3CC3)c(F)c2)C(=O)O1. The molecule has 1 aromatic rings. The van der Waals surface area contributed by atoms with Crippen molar-refractivity contribution in [3.8, 4) is 0 Å². The van der Waals surface area contributed by atoms with Gasteiger partial charge in [-0.1, -0.05) is 0 Å². The summed E-state index contributed by atoms with van der Waals surface area (Å²) in [4.78, 5) is 36.0. The van der Waals surface area contributed by atoms with E-state index in [1.54, 1.807) is 0 Å². The number of halogens is 1. The fourth-order valence-electron chi connectivity index (χ4n) is 2.49. The molecule has 7 nitrogen and oxygen atoms in total. The number of hydrogen-bond donors (Lipinski definition) is 1. The maximum atomic E-state index is 14.2. The monoisotopic (exact) mass is 350 g/mol. The minimum absolute atomic E-state index is 0.160. The molecule has 0 bridgehead atoms. The maximum Gasteiger partial charge on any atom is 0.414 e. The van der Waals surface area contributed by atoms with Crippen molar-refractivity contribution in [1.29, 1.82) is 0 Å². The second-order valence-corrected chi connectivity index (χ2v) is 6.26. The first kappa shape index (κ1) is 17.2. The molecule has 0 aromatic heterocycles. The highest BCUT2D eigenvalue weighted by molar-refractivity contribution is 5.93. The predicted octanol–water partition coefficient (Wildman–Crippen LogP) is 1.85. The van der Waals surface area contributed by atoms with Crippen LogP contribution >= 0.6 is 0 Å². The van der Waals surface area contributed by atoms with Crippen LogP contribution in [0.2, 0.25) is 0 Å². The molecule has 134 valence electrons. The average molecular weight is 350 g/mol. The van der Waals surface area contributed by atoms with Gasteiger partial charge in [0.1, 0.15) is 11.9 Å². The van der Waals surface area contributed by atoms with Crippen LogP contribution in [0.1, 0.15) is 30.1 Å². The number of hydrogen-bond acceptors (Lipinski definition) is 5. The zero-order valence-corrected chi connectivity index (χ0v) is 13.8. The molecule has 1 saturated carbocycles. The number of amides is 2. The first-order chi connectivity index (χ1) is 11.9. The highest BCUT2D eigenvalue weighted by Gasteiger charge is 2.33. The number of ether oxygens (including phenoxy) is 2. The molecule has 1 aliphatic carbocycles. The molecule has 0 unspecified atom stereocenters. The molecule has 25 heavy (non-hydrogen) atoms. The van der Waals surface area contributed by atoms with Gasteiger partial charge in [0, 0.05) is 6.92 Å². The number of cyclic esters (lactones) is 1. The summed E-state index contributed by atoms with van der Waals surface area (Å²) in [6.07, 6.45) is 0.929. The zero-order valence-electron chi connectivity index (χ0n) is 13.8. The second-order valence-electron chi connectivity index (χ2n) is 6.26. The van der Waals surface area contributed by atoms with Gasteiger partial charge in [-0.05, 0) is 37.0 Å². The third kappa shape index (κ3) is 4.26. The van der Waals surface area contributed by atoms with E-state index < -0.39 is 24.0 Å². The zero-order chi connectivity index (χ0) is 18.0. The van der Waals surface area contributed by atoms with Crippen LogP contribution in [0, 0.1) is 11.7 Å². The lowest BCUT2D eigenvalue weighted by molar-refractivity contribution is -0.119. The molecule has 8 heteroatoms. The molecule has 1 aliphatic heterocycles. The van der Waals surface area contributed by atoms with Gasteiger partial charge in [-0.3, -0.25) is 9.69 Å². The Balaban J connectivity index is 1.64. The van der Waals surface area contributed by atoms with E-state index in [1.165, 1.54) is 24.0 Å². The van der Waals surface area contributed by atoms with E-state index in [9.17, 15) is 18.8 Å². The summed E-state index contributed by atoms with van der Waals surface area (Å²) >= 11 is 0. The van der Waals surface area contributed by atoms with Crippen molar-refractivity contribution in [3.63, 3.8) is 0 Å². The van der Waals surface area contributed by atoms with E-state index in [0.29, 0.717) is 12.5 Å². The van der Waals surface area contributed by atoms with E-state index in [1.807, 2.05) is 0 Å². The fourth-order valence-corrected chi connectivity index (χ4v) is 2.49. The van der Waals surface area contributed by atoms with Crippen LogP contribution in [-0.4, -0.2) is 43.8 Å². The van der Waals surface area contributed by atoms with Crippen LogP contribution in [0.4, 0.5) is 14.9 Å². The van der Waals surface area contributed by atoms with Crippen LogP contribution in [0.5, 0.6) is 0 Å². The minimum atomic E-state index is -0.753. The van der Waals surface area contributed by atoms with Gasteiger partial charge in [-0.15, -0.1) is 0 Å². The van der Waals surface area contributed by atoms with Crippen molar-refractivity contribution >= 4 is 23.7 Å². The first-order valence-corrected chi connectivity index (χ1v) is 8.13. The molecule has 1 heterocycles. The second kappa shape index (κ2) is 7.08. The normalized spacial score (nSPS) is 19.5. The molecule has 2 amide bonds. The topological polar surface area (TPSA) is 84.9 Å². The first-order valence-electron chi connectivity index (χ1n) is 8.13. The Morgan fingerprint density at radius 1 is 1.40 bits per heavy atom. The van der Waals surface area contributed by atoms with Gasteiger partial charge in [-0.25, -0.2) is 14.0 Å². The van der Waals surface area contributed by atoms with Gasteiger partial charge in [0.25, 0.3) is 0 Å². The van der Waals surface area contributed by atoms with Crippen molar-refractivity contribution in [2.75, 3.05) is 24.6 Å². The van der Waals surface area contributed by atoms with Crippen LogP contribution in [0.15, 0.2) is 18.2 Å². The number of nitrogens with zero attached hydrogens (tertiary/aromatic N) is 1. The molecule has 0 radical (unpaired) electrons. The Hall–Kier alpha value is -2.64. The summed E-state index contributed by atoms with van der Waals surface area (Å²) in [6.45, 7) is 2.05. The standard InChI is InChI=1S/C17H19FN2O5/c1-10(21)19-7-13-8-20(17(23)25-13)12-4-5-14(15(18)6-12)16(22)24-9-11-2-3-11/h4-6,11,13H,2-3,7-9H2,1H3,(H,19,21)/t13-/m0/s1. The van der Waals surface area contributed by atoms with E-state index in [4.69, 9.17) is 9.47 Å². The number of carbonyl (C=O) groups excluding carboxylic acids is 3. The van der Waals surface area contributed by atoms with Crippen molar-refractivity contribution in [2.24, 2.45) is 5.92 Å². The van der Waals surface area contributed by atoms with Gasteiger partial charge < -0.3 is 14.8 Å². The lowest BCUT2D eigenvalue weighted by Gasteiger charge is -2.14. The molecule has 1 N–H and O–H groups in total. The van der Waals surface area contributed by atoms with Crippen LogP contribution in [-0.2, 0) is 14.3 Å². The minimum Gasteiger partial charge on any atom is -0.462 e. The van der Waals surface area contributed by atoms with Gasteiger partial charge in [0.2, 0.25) is 5.91 Å². The Morgan fingerprint density at radius 3 is 2.80 bits per heavy atom. The van der Waals surface area contributed by atoms with Gasteiger partial charge in [-0.2, -0.15) is 0 Å². The molecular weight excluding hydrogens is 331 g/mol. The van der Waals surface area contributed by atoms with Crippen molar-refractivity contribution < 1.29 is 28.2 Å². The summed E-state index contributed by atoms with van der Waals surface area (Å²) in [6, 6.07) is 3.88. The lowest BCUT2D eigenvalue weighted by atomic mass is 10.1. The Kier molecular flexibility index (Phi) is 4.87. The summed E-state index contributed by atoms with van der Waals surface area (Å²) < 4.78 is 24.4. The van der Waals surface area contributed by atoms with Crippen molar-refractivity contribution in [1.82, 2.24) is 5.32 Å². The molecule has 2 fully saturated rings. The summed E-state index contributed by atoms with van der Waals surface area (Å²) in [5, 5.41) is 2.57. The van der Waals surface area contributed by atoms with Crippen molar-refractivity contribution in [3.05, 3.63) is 29.6 Å². The lowest BCUT2D eigenvalue weighted by Crippen LogP contribution is -2.33. The number of anilines is 1. The Labute approximate surface area is 144 Å². The summed E-state index contributed by atoms with van der Waals surface area (Å²) in [7, 11) is 0. The smallest absolute Gasteiger partial charge is 0.414 e. The molecule has 1 aromatic carbocycles. The van der Waals surface area contributed by atoms with E-state index in [-0.39, 0.29) is 30.2 Å². The summed E-state index contributed by atoms with van der Waals surface area (Å²) in [5.74, 6) is -1.29. The molecule has 0 spiro atoms. The average Bonchev–Trinajstić information content (AvgIpc) is 3.32. The van der Waals surface area contributed by atoms with Gasteiger partial charge in [0.05, 0.1) is 30.9 Å². The Bertz CT molecular complexity index is 704. The third-order valence-electron chi connectivity index (χ3n) is 4.08. The predicted molar refractivity (Wildman–Crippen MR) is 85.7 cm³/mol. The van der Waals surface area contributed by atoms with E-state index >= 15 is 0 Å². The molecule has 1 atom stereocenters. The number of nitrogens with one attached hydrogen (secondary N) is 1. The van der Waals surface area contributed by atoms with Crippen LogP contribution in [0.3, 0.4) is 0 Å². The molecule has 2 aliphatic rings. The van der Waals surface area contributed by atoms with Crippen LogP contribution in [0.25, 0.3) is 0 Å². The number of carbonyl (C=O) groups is 3. The molecular formula is C17H19FN2O5. The van der Waals surface area contributed by atoms with E-state index in [0.717, 1.165) is 18.9 Å². The highest BCUT2D eigenvalue weighted by Crippen LogP contribution is 2.29. The largest absolute Gasteiger partial charge is 0.462 e. The third-order valence-corrected chi connectivity index (χ3v) is 4.08. The maximum absolute atomic E-state index is 14.2. The number of rotatable bonds is 6. The molecule has 1 saturated heterocycles. The van der Waals surface area contributed by atoms with Gasteiger partial charge >= 0.3 is 12.1 Å². The van der Waals surface area contributed by atoms with Crippen LogP contribution < -0.4 is 10.2 Å². The quantitative estimate of drug-likeness (QED) is 0.792. The molecule has 3 rings (SSSR count). The Morgan fingerprint density at radius 2 is 2.16 bits per heavy atom. The summed E-state index contributed by atoms with van der Waals surface area (Å²) in [5.41, 5.74) is 0.123. The highest BCUT2D eigenvalue weighted by atomic mass is 19.1. The van der Waals surface area contributed by atoms with Crippen molar-refractivity contribution in [2.45, 2.75) is 25.9 Å². The van der Waals surface area contributed by atoms with E-state index in [2.05, 4.69) is 5.32 Å².